The molecule has 6 heteroatoms. The van der Waals surface area contributed by atoms with Crippen molar-refractivity contribution < 1.29 is 4.79 Å². The molecule has 0 aromatic rings. The van der Waals surface area contributed by atoms with Gasteiger partial charge in [0.1, 0.15) is 0 Å². The zero-order valence-electron chi connectivity index (χ0n) is 11.3. The highest BCUT2D eigenvalue weighted by atomic mass is 127. The van der Waals surface area contributed by atoms with E-state index in [0.717, 1.165) is 6.54 Å². The second kappa shape index (κ2) is 8.54. The van der Waals surface area contributed by atoms with E-state index in [4.69, 9.17) is 5.73 Å². The molecular formula is C11H25IN4O. The van der Waals surface area contributed by atoms with Crippen LogP contribution in [0.2, 0.25) is 0 Å². The summed E-state index contributed by atoms with van der Waals surface area (Å²) in [6, 6.07) is 0.300. The summed E-state index contributed by atoms with van der Waals surface area (Å²) < 4.78 is 0. The molecule has 0 aliphatic heterocycles. The molecule has 0 saturated heterocycles. The fourth-order valence-corrected chi connectivity index (χ4v) is 0.948. The number of aliphatic imine (C=N–C) groups is 1. The van der Waals surface area contributed by atoms with E-state index in [-0.39, 0.29) is 29.9 Å². The normalized spacial score (nSPS) is 12.0. The van der Waals surface area contributed by atoms with Crippen molar-refractivity contribution in [3.8, 4) is 0 Å². The van der Waals surface area contributed by atoms with Crippen LogP contribution in [0.25, 0.3) is 0 Å². The predicted octanol–water partition coefficient (Wildman–Crippen LogP) is 1.08. The van der Waals surface area contributed by atoms with Crippen LogP contribution >= 0.6 is 24.0 Å². The van der Waals surface area contributed by atoms with E-state index >= 15 is 0 Å². The van der Waals surface area contributed by atoms with E-state index in [1.807, 2.05) is 20.8 Å². The third-order valence-electron chi connectivity index (χ3n) is 2.07. The summed E-state index contributed by atoms with van der Waals surface area (Å²) in [6.07, 6.45) is 0. The minimum absolute atomic E-state index is 0. The van der Waals surface area contributed by atoms with Crippen LogP contribution < -0.4 is 16.4 Å². The number of carbonyl (C=O) groups is 1. The molecule has 0 radical (unpaired) electrons. The second-order valence-corrected chi connectivity index (χ2v) is 4.74. The van der Waals surface area contributed by atoms with E-state index < -0.39 is 5.41 Å². The lowest BCUT2D eigenvalue weighted by Crippen LogP contribution is -2.42. The number of rotatable bonds is 5. The summed E-state index contributed by atoms with van der Waals surface area (Å²) in [5, 5.41) is 6.29. The molecule has 1 amide bonds. The third-order valence-corrected chi connectivity index (χ3v) is 2.07. The molecule has 17 heavy (non-hydrogen) atoms. The maximum Gasteiger partial charge on any atom is 0.224 e. The van der Waals surface area contributed by atoms with Gasteiger partial charge in [0, 0.05) is 12.6 Å². The Labute approximate surface area is 121 Å². The Morgan fingerprint density at radius 1 is 1.41 bits per heavy atom. The number of guanidine groups is 1. The maximum absolute atomic E-state index is 11.1. The van der Waals surface area contributed by atoms with Gasteiger partial charge in [-0.2, -0.15) is 0 Å². The number of amides is 1. The highest BCUT2D eigenvalue weighted by Gasteiger charge is 2.24. The van der Waals surface area contributed by atoms with Gasteiger partial charge < -0.3 is 16.4 Å². The molecule has 0 heterocycles. The number of hydrogen-bond acceptors (Lipinski definition) is 2. The highest BCUT2D eigenvalue weighted by molar-refractivity contribution is 14.0. The van der Waals surface area contributed by atoms with Crippen LogP contribution in [0, 0.1) is 5.41 Å². The summed E-state index contributed by atoms with van der Waals surface area (Å²) >= 11 is 0. The van der Waals surface area contributed by atoms with Crippen LogP contribution in [0.3, 0.4) is 0 Å². The third kappa shape index (κ3) is 8.23. The first-order valence-electron chi connectivity index (χ1n) is 5.64. The molecule has 102 valence electrons. The number of nitrogens with one attached hydrogen (secondary N) is 2. The zero-order valence-corrected chi connectivity index (χ0v) is 13.7. The fraction of sp³-hybridized carbons (Fsp3) is 0.818. The Morgan fingerprint density at radius 2 is 1.94 bits per heavy atom. The average Bonchev–Trinajstić information content (AvgIpc) is 2.13. The van der Waals surface area contributed by atoms with Crippen LogP contribution in [0.1, 0.15) is 34.6 Å². The van der Waals surface area contributed by atoms with Crippen molar-refractivity contribution in [3.05, 3.63) is 0 Å². The molecule has 0 saturated carbocycles. The quantitative estimate of drug-likeness (QED) is 0.392. The standard InChI is InChI=1S/C11H24N4O.HI/c1-6-13-10(15-8(2)3)14-7-11(4,5)9(12)16;/h8H,6-7H2,1-5H3,(H2,12,16)(H2,13,14,15);1H. The molecule has 0 aliphatic carbocycles. The van der Waals surface area contributed by atoms with Gasteiger partial charge in [0.15, 0.2) is 5.96 Å². The van der Waals surface area contributed by atoms with Gasteiger partial charge in [0.2, 0.25) is 5.91 Å². The van der Waals surface area contributed by atoms with Crippen molar-refractivity contribution in [2.75, 3.05) is 13.1 Å². The fourth-order valence-electron chi connectivity index (χ4n) is 0.948. The molecule has 5 nitrogen and oxygen atoms in total. The summed E-state index contributed by atoms with van der Waals surface area (Å²) in [5.74, 6) is 0.378. The molecule has 0 fully saturated rings. The van der Waals surface area contributed by atoms with Crippen LogP contribution in [0.4, 0.5) is 0 Å². The van der Waals surface area contributed by atoms with E-state index in [9.17, 15) is 4.79 Å². The predicted molar refractivity (Wildman–Crippen MR) is 82.6 cm³/mol. The van der Waals surface area contributed by atoms with Crippen LogP contribution in [0.15, 0.2) is 4.99 Å². The maximum atomic E-state index is 11.1. The number of primary amides is 1. The van der Waals surface area contributed by atoms with Gasteiger partial charge in [-0.3, -0.25) is 9.79 Å². The first-order chi connectivity index (χ1) is 7.29. The topological polar surface area (TPSA) is 79.5 Å². The molecule has 0 bridgehead atoms. The molecular weight excluding hydrogens is 331 g/mol. The Bertz CT molecular complexity index is 264. The number of carbonyl (C=O) groups excluding carboxylic acids is 1. The van der Waals surface area contributed by atoms with Crippen molar-refractivity contribution in [1.29, 1.82) is 0 Å². The molecule has 0 rings (SSSR count). The molecule has 4 N–H and O–H groups in total. The smallest absolute Gasteiger partial charge is 0.224 e. The monoisotopic (exact) mass is 356 g/mol. The summed E-state index contributed by atoms with van der Waals surface area (Å²) in [4.78, 5) is 15.5. The molecule has 0 aromatic heterocycles. The second-order valence-electron chi connectivity index (χ2n) is 4.74. The van der Waals surface area contributed by atoms with Gasteiger partial charge in [0.25, 0.3) is 0 Å². The van der Waals surface area contributed by atoms with E-state index in [1.165, 1.54) is 0 Å². The summed E-state index contributed by atoms with van der Waals surface area (Å²) in [5.41, 5.74) is 4.67. The first-order valence-corrected chi connectivity index (χ1v) is 5.64. The van der Waals surface area contributed by atoms with Gasteiger partial charge in [-0.15, -0.1) is 24.0 Å². The number of halogens is 1. The largest absolute Gasteiger partial charge is 0.369 e. The number of hydrogen-bond donors (Lipinski definition) is 3. The SMILES string of the molecule is CCNC(=NCC(C)(C)C(N)=O)NC(C)C.I. The van der Waals surface area contributed by atoms with E-state index in [0.29, 0.717) is 18.5 Å². The molecule has 0 atom stereocenters. The van der Waals surface area contributed by atoms with Crippen LogP contribution in [0.5, 0.6) is 0 Å². The van der Waals surface area contributed by atoms with E-state index in [1.54, 1.807) is 13.8 Å². The lowest BCUT2D eigenvalue weighted by Gasteiger charge is -2.20. The van der Waals surface area contributed by atoms with Gasteiger partial charge >= 0.3 is 0 Å². The Hall–Kier alpha value is -0.530. The van der Waals surface area contributed by atoms with Crippen molar-refractivity contribution in [1.82, 2.24) is 10.6 Å². The molecule has 0 spiro atoms. The molecule has 0 aliphatic rings. The minimum atomic E-state index is -0.612. The summed E-state index contributed by atoms with van der Waals surface area (Å²) in [6.45, 7) is 10.8. The lowest BCUT2D eigenvalue weighted by molar-refractivity contribution is -0.125. The van der Waals surface area contributed by atoms with Crippen molar-refractivity contribution in [2.24, 2.45) is 16.1 Å². The van der Waals surface area contributed by atoms with Crippen molar-refractivity contribution in [2.45, 2.75) is 40.7 Å². The van der Waals surface area contributed by atoms with Crippen molar-refractivity contribution in [3.63, 3.8) is 0 Å². The van der Waals surface area contributed by atoms with E-state index in [2.05, 4.69) is 15.6 Å². The number of nitrogens with two attached hydrogens (primary N) is 1. The van der Waals surface area contributed by atoms with Crippen LogP contribution in [-0.2, 0) is 4.79 Å². The van der Waals surface area contributed by atoms with Gasteiger partial charge in [-0.1, -0.05) is 0 Å². The Balaban J connectivity index is 0. The highest BCUT2D eigenvalue weighted by Crippen LogP contribution is 2.13. The van der Waals surface area contributed by atoms with Gasteiger partial charge in [-0.05, 0) is 34.6 Å². The first kappa shape index (κ1) is 18.8. The van der Waals surface area contributed by atoms with Gasteiger partial charge in [-0.25, -0.2) is 0 Å². The minimum Gasteiger partial charge on any atom is -0.369 e. The Morgan fingerprint density at radius 3 is 2.29 bits per heavy atom. The molecule has 0 aromatic carbocycles. The zero-order chi connectivity index (χ0) is 12.8. The number of nitrogens with zero attached hydrogens (tertiary/aromatic N) is 1. The Kier molecular flexibility index (Phi) is 9.46. The van der Waals surface area contributed by atoms with Gasteiger partial charge in [0.05, 0.1) is 12.0 Å². The van der Waals surface area contributed by atoms with Crippen molar-refractivity contribution >= 4 is 35.8 Å². The summed E-state index contributed by atoms with van der Waals surface area (Å²) in [7, 11) is 0. The lowest BCUT2D eigenvalue weighted by atomic mass is 9.93. The van der Waals surface area contributed by atoms with Crippen LogP contribution in [-0.4, -0.2) is 31.0 Å². The molecule has 0 unspecified atom stereocenters. The average molecular weight is 356 g/mol.